The topological polar surface area (TPSA) is 90.6 Å². The van der Waals surface area contributed by atoms with Gasteiger partial charge in [-0.3, -0.25) is 0 Å². The van der Waals surface area contributed by atoms with E-state index in [9.17, 15) is 9.59 Å². The fraction of sp³-hybridized carbons (Fsp3) is 0.429. The van der Waals surface area contributed by atoms with Crippen molar-refractivity contribution in [2.75, 3.05) is 13.7 Å². The smallest absolute Gasteiger partial charge is 0.408 e. The van der Waals surface area contributed by atoms with E-state index in [2.05, 4.69) is 10.1 Å². The van der Waals surface area contributed by atoms with Gasteiger partial charge in [0.05, 0.1) is 7.11 Å². The lowest BCUT2D eigenvalue weighted by atomic mass is 10.1. The standard InChI is InChI=1S/C14H20N2O4.ClH/c1-19-13(17)12(8-5-9-15)16-14(18)20-10-11-6-3-2-4-7-11;/h2-4,6-7,12H,5,8-10,15H2,1H3,(H,16,18);1H/t12-;/m0./s1. The number of halogens is 1. The number of carbonyl (C=O) groups is 2. The molecule has 118 valence electrons. The fourth-order valence-corrected chi connectivity index (χ4v) is 1.62. The number of alkyl carbamates (subject to hydrolysis) is 1. The van der Waals surface area contributed by atoms with Crippen molar-refractivity contribution in [1.82, 2.24) is 5.32 Å². The van der Waals surface area contributed by atoms with Crippen molar-refractivity contribution in [1.29, 1.82) is 0 Å². The van der Waals surface area contributed by atoms with E-state index in [0.717, 1.165) is 5.56 Å². The molecule has 0 aliphatic carbocycles. The van der Waals surface area contributed by atoms with Gasteiger partial charge in [0.15, 0.2) is 0 Å². The average Bonchev–Trinajstić information content (AvgIpc) is 2.49. The van der Waals surface area contributed by atoms with Crippen LogP contribution in [0.4, 0.5) is 4.79 Å². The first-order chi connectivity index (χ1) is 9.67. The maximum absolute atomic E-state index is 11.6. The monoisotopic (exact) mass is 316 g/mol. The molecule has 0 radical (unpaired) electrons. The first-order valence-corrected chi connectivity index (χ1v) is 6.42. The van der Waals surface area contributed by atoms with E-state index in [1.165, 1.54) is 7.11 Å². The molecule has 0 spiro atoms. The summed E-state index contributed by atoms with van der Waals surface area (Å²) >= 11 is 0. The largest absolute Gasteiger partial charge is 0.467 e. The predicted molar refractivity (Wildman–Crippen MR) is 81.1 cm³/mol. The highest BCUT2D eigenvalue weighted by atomic mass is 35.5. The molecule has 1 atom stereocenters. The van der Waals surface area contributed by atoms with Gasteiger partial charge in [0, 0.05) is 0 Å². The Morgan fingerprint density at radius 1 is 1.29 bits per heavy atom. The molecule has 3 N–H and O–H groups in total. The lowest BCUT2D eigenvalue weighted by molar-refractivity contribution is -0.143. The van der Waals surface area contributed by atoms with Gasteiger partial charge < -0.3 is 20.5 Å². The molecule has 0 aliphatic heterocycles. The summed E-state index contributed by atoms with van der Waals surface area (Å²) in [6, 6.07) is 8.55. The number of hydrogen-bond acceptors (Lipinski definition) is 5. The summed E-state index contributed by atoms with van der Waals surface area (Å²) in [7, 11) is 1.27. The third-order valence-corrected chi connectivity index (χ3v) is 2.69. The van der Waals surface area contributed by atoms with Crippen LogP contribution in [0.15, 0.2) is 30.3 Å². The van der Waals surface area contributed by atoms with Crippen molar-refractivity contribution in [2.24, 2.45) is 5.73 Å². The number of methoxy groups -OCH3 is 1. The number of ether oxygens (including phenoxy) is 2. The van der Waals surface area contributed by atoms with Crippen LogP contribution < -0.4 is 11.1 Å². The van der Waals surface area contributed by atoms with E-state index >= 15 is 0 Å². The van der Waals surface area contributed by atoms with Crippen LogP contribution in [-0.4, -0.2) is 31.8 Å². The number of amides is 1. The number of rotatable bonds is 7. The normalized spacial score (nSPS) is 11.0. The summed E-state index contributed by atoms with van der Waals surface area (Å²) < 4.78 is 9.67. The summed E-state index contributed by atoms with van der Waals surface area (Å²) in [6.45, 7) is 0.589. The highest BCUT2D eigenvalue weighted by Crippen LogP contribution is 2.03. The van der Waals surface area contributed by atoms with E-state index in [1.54, 1.807) is 0 Å². The van der Waals surface area contributed by atoms with Crippen molar-refractivity contribution in [3.63, 3.8) is 0 Å². The molecule has 1 amide bonds. The molecule has 0 saturated carbocycles. The van der Waals surface area contributed by atoms with Gasteiger partial charge in [-0.1, -0.05) is 30.3 Å². The van der Waals surface area contributed by atoms with Crippen molar-refractivity contribution in [3.05, 3.63) is 35.9 Å². The fourth-order valence-electron chi connectivity index (χ4n) is 1.62. The van der Waals surface area contributed by atoms with Crippen molar-refractivity contribution < 1.29 is 19.1 Å². The zero-order valence-corrected chi connectivity index (χ0v) is 12.7. The Labute approximate surface area is 130 Å². The number of hydrogen-bond donors (Lipinski definition) is 2. The van der Waals surface area contributed by atoms with Gasteiger partial charge >= 0.3 is 12.1 Å². The second-order valence-electron chi connectivity index (χ2n) is 4.21. The second kappa shape index (κ2) is 10.9. The Bertz CT molecular complexity index is 428. The first-order valence-electron chi connectivity index (χ1n) is 6.42. The number of benzene rings is 1. The molecule has 0 fully saturated rings. The maximum atomic E-state index is 11.6. The molecule has 1 rings (SSSR count). The molecule has 0 aromatic heterocycles. The van der Waals surface area contributed by atoms with Crippen molar-refractivity contribution in [2.45, 2.75) is 25.5 Å². The van der Waals surface area contributed by atoms with Crippen LogP contribution in [0.1, 0.15) is 18.4 Å². The quantitative estimate of drug-likeness (QED) is 0.746. The van der Waals surface area contributed by atoms with Crippen LogP contribution >= 0.6 is 12.4 Å². The first kappa shape index (κ1) is 19.2. The summed E-state index contributed by atoms with van der Waals surface area (Å²) in [6.07, 6.45) is 0.379. The van der Waals surface area contributed by atoms with E-state index in [0.29, 0.717) is 19.4 Å². The van der Waals surface area contributed by atoms with Gasteiger partial charge in [0.25, 0.3) is 0 Å². The number of carbonyl (C=O) groups excluding carboxylic acids is 2. The van der Waals surface area contributed by atoms with Crippen molar-refractivity contribution in [3.8, 4) is 0 Å². The molecule has 0 unspecified atom stereocenters. The van der Waals surface area contributed by atoms with Gasteiger partial charge in [-0.2, -0.15) is 0 Å². The molecule has 0 aliphatic rings. The minimum Gasteiger partial charge on any atom is -0.467 e. The molecule has 1 aromatic carbocycles. The Morgan fingerprint density at radius 2 is 1.95 bits per heavy atom. The van der Waals surface area contributed by atoms with Gasteiger partial charge in [-0.15, -0.1) is 12.4 Å². The minimum absolute atomic E-state index is 0. The lowest BCUT2D eigenvalue weighted by Crippen LogP contribution is -2.42. The minimum atomic E-state index is -0.730. The Balaban J connectivity index is 0.00000400. The number of nitrogens with two attached hydrogens (primary N) is 1. The Hall–Kier alpha value is -1.79. The van der Waals surface area contributed by atoms with Crippen LogP contribution in [0, 0.1) is 0 Å². The second-order valence-corrected chi connectivity index (χ2v) is 4.21. The average molecular weight is 317 g/mol. The molecule has 0 heterocycles. The van der Waals surface area contributed by atoms with Gasteiger partial charge in [-0.05, 0) is 24.9 Å². The van der Waals surface area contributed by atoms with Crippen LogP contribution in [0.3, 0.4) is 0 Å². The van der Waals surface area contributed by atoms with E-state index < -0.39 is 18.1 Å². The summed E-state index contributed by atoms with van der Waals surface area (Å²) in [5.41, 5.74) is 6.26. The third-order valence-electron chi connectivity index (χ3n) is 2.69. The third kappa shape index (κ3) is 7.53. The Kier molecular flexibility index (Phi) is 10.0. The van der Waals surface area contributed by atoms with E-state index in [4.69, 9.17) is 10.5 Å². The van der Waals surface area contributed by atoms with Gasteiger partial charge in [0.2, 0.25) is 0 Å². The van der Waals surface area contributed by atoms with Crippen LogP contribution in [0.2, 0.25) is 0 Å². The zero-order chi connectivity index (χ0) is 14.8. The summed E-state index contributed by atoms with van der Waals surface area (Å²) in [5.74, 6) is -0.505. The summed E-state index contributed by atoms with van der Waals surface area (Å²) in [5, 5.41) is 2.48. The maximum Gasteiger partial charge on any atom is 0.408 e. The zero-order valence-electron chi connectivity index (χ0n) is 11.9. The van der Waals surface area contributed by atoms with Gasteiger partial charge in [0.1, 0.15) is 12.6 Å². The lowest BCUT2D eigenvalue weighted by Gasteiger charge is -2.16. The predicted octanol–water partition coefficient (Wildman–Crippen LogP) is 1.62. The molecule has 0 saturated heterocycles. The van der Waals surface area contributed by atoms with Crippen molar-refractivity contribution >= 4 is 24.5 Å². The number of esters is 1. The molecule has 7 heteroatoms. The van der Waals surface area contributed by atoms with E-state index in [-0.39, 0.29) is 19.0 Å². The van der Waals surface area contributed by atoms with Gasteiger partial charge in [-0.25, -0.2) is 9.59 Å². The molecular formula is C14H21ClN2O4. The number of nitrogens with one attached hydrogen (secondary N) is 1. The Morgan fingerprint density at radius 3 is 2.52 bits per heavy atom. The highest BCUT2D eigenvalue weighted by molar-refractivity contribution is 5.85. The van der Waals surface area contributed by atoms with Crippen LogP contribution in [0.25, 0.3) is 0 Å². The molecule has 21 heavy (non-hydrogen) atoms. The summed E-state index contributed by atoms with van der Waals surface area (Å²) in [4.78, 5) is 23.1. The molecule has 0 bridgehead atoms. The molecule has 6 nitrogen and oxygen atoms in total. The van der Waals surface area contributed by atoms with E-state index in [1.807, 2.05) is 30.3 Å². The molecular weight excluding hydrogens is 296 g/mol. The van der Waals surface area contributed by atoms with Crippen LogP contribution in [0.5, 0.6) is 0 Å². The SMILES string of the molecule is COC(=O)[C@H](CCCN)NC(=O)OCc1ccccc1.Cl. The van der Waals surface area contributed by atoms with Crippen LogP contribution in [-0.2, 0) is 20.9 Å². The molecule has 1 aromatic rings. The highest BCUT2D eigenvalue weighted by Gasteiger charge is 2.21.